The zero-order valence-electron chi connectivity index (χ0n) is 17.7. The second kappa shape index (κ2) is 9.84. The molecule has 3 heterocycles. The number of nitrogens with zero attached hydrogens (tertiary/aromatic N) is 4. The number of anilines is 1. The first-order valence-electron chi connectivity index (χ1n) is 9.94. The van der Waals surface area contributed by atoms with Crippen molar-refractivity contribution in [2.75, 3.05) is 32.8 Å². The van der Waals surface area contributed by atoms with Crippen molar-refractivity contribution < 1.29 is 23.7 Å². The fraction of sp³-hybridized carbons (Fsp3) is 0.364. The standard InChI is InChI=1S/C22H23N5O5/c1-4-10-31-11-15-17(29-2)18(30-3)22(32-15)27-13-25-16-19(23-12-24-20(16)27)26-21(28)14-8-6-5-7-9-14/h1,5-9,12-13,15,17-18,22H,10-11H2,2-3H3,(H,23,24,26,28)/t15-,17?,18+,22-/m1/s1. The molecule has 0 spiro atoms. The van der Waals surface area contributed by atoms with Crippen LogP contribution in [-0.4, -0.2) is 71.2 Å². The number of rotatable bonds is 8. The van der Waals surface area contributed by atoms with E-state index in [2.05, 4.69) is 26.2 Å². The minimum Gasteiger partial charge on any atom is -0.376 e. The van der Waals surface area contributed by atoms with Crippen LogP contribution in [0, 0.1) is 12.3 Å². The molecule has 1 aliphatic heterocycles. The molecule has 1 saturated heterocycles. The predicted octanol–water partition coefficient (Wildman–Crippen LogP) is 1.66. The zero-order chi connectivity index (χ0) is 22.5. The summed E-state index contributed by atoms with van der Waals surface area (Å²) in [5.41, 5.74) is 1.42. The van der Waals surface area contributed by atoms with Crippen LogP contribution in [0.1, 0.15) is 16.6 Å². The maximum Gasteiger partial charge on any atom is 0.256 e. The Morgan fingerprint density at radius 1 is 1.19 bits per heavy atom. The quantitative estimate of drug-likeness (QED) is 0.419. The van der Waals surface area contributed by atoms with E-state index in [1.54, 1.807) is 49.4 Å². The number of ether oxygens (including phenoxy) is 4. The Hall–Kier alpha value is -3.36. The Morgan fingerprint density at radius 3 is 2.69 bits per heavy atom. The smallest absolute Gasteiger partial charge is 0.256 e. The summed E-state index contributed by atoms with van der Waals surface area (Å²) in [7, 11) is 3.17. The Morgan fingerprint density at radius 2 is 1.97 bits per heavy atom. The largest absolute Gasteiger partial charge is 0.376 e. The molecule has 4 atom stereocenters. The maximum atomic E-state index is 12.6. The van der Waals surface area contributed by atoms with Crippen LogP contribution < -0.4 is 5.32 Å². The van der Waals surface area contributed by atoms with Crippen LogP contribution in [0.15, 0.2) is 43.0 Å². The summed E-state index contributed by atoms with van der Waals surface area (Å²) in [6, 6.07) is 8.85. The van der Waals surface area contributed by atoms with Crippen molar-refractivity contribution in [2.24, 2.45) is 0 Å². The molecule has 1 fully saturated rings. The van der Waals surface area contributed by atoms with Crippen LogP contribution >= 0.6 is 0 Å². The van der Waals surface area contributed by atoms with Crippen LogP contribution in [0.4, 0.5) is 5.82 Å². The number of terminal acetylenes is 1. The van der Waals surface area contributed by atoms with Crippen molar-refractivity contribution in [3.63, 3.8) is 0 Å². The van der Waals surface area contributed by atoms with E-state index in [1.807, 2.05) is 6.07 Å². The minimum absolute atomic E-state index is 0.171. The summed E-state index contributed by atoms with van der Waals surface area (Å²) in [5, 5.41) is 2.79. The second-order valence-corrected chi connectivity index (χ2v) is 7.05. The Kier molecular flexibility index (Phi) is 6.72. The lowest BCUT2D eigenvalue weighted by atomic mass is 10.1. The topological polar surface area (TPSA) is 110 Å². The van der Waals surface area contributed by atoms with Crippen molar-refractivity contribution in [3.8, 4) is 12.3 Å². The molecule has 0 saturated carbocycles. The number of benzene rings is 1. The number of hydrogen-bond acceptors (Lipinski definition) is 8. The van der Waals surface area contributed by atoms with Gasteiger partial charge in [0.15, 0.2) is 23.2 Å². The molecule has 4 rings (SSSR count). The van der Waals surface area contributed by atoms with E-state index in [0.717, 1.165) is 0 Å². The fourth-order valence-electron chi connectivity index (χ4n) is 3.74. The van der Waals surface area contributed by atoms with E-state index in [-0.39, 0.29) is 25.2 Å². The molecule has 1 unspecified atom stereocenters. The number of imidazole rings is 1. The average molecular weight is 437 g/mol. The summed E-state index contributed by atoms with van der Waals surface area (Å²) in [6.45, 7) is 0.420. The van der Waals surface area contributed by atoms with Gasteiger partial charge >= 0.3 is 0 Å². The van der Waals surface area contributed by atoms with Gasteiger partial charge in [0.05, 0.1) is 12.9 Å². The minimum atomic E-state index is -0.582. The van der Waals surface area contributed by atoms with Gasteiger partial charge in [-0.15, -0.1) is 6.42 Å². The molecule has 0 radical (unpaired) electrons. The molecule has 1 aromatic carbocycles. The van der Waals surface area contributed by atoms with Gasteiger partial charge in [-0.2, -0.15) is 0 Å². The molecule has 1 aliphatic rings. The van der Waals surface area contributed by atoms with E-state index in [9.17, 15) is 4.79 Å². The van der Waals surface area contributed by atoms with Crippen molar-refractivity contribution in [2.45, 2.75) is 24.5 Å². The summed E-state index contributed by atoms with van der Waals surface area (Å²) >= 11 is 0. The molecule has 10 nitrogen and oxygen atoms in total. The summed E-state index contributed by atoms with van der Waals surface area (Å²) < 4.78 is 24.7. The molecule has 166 valence electrons. The molecule has 2 aromatic heterocycles. The zero-order valence-corrected chi connectivity index (χ0v) is 17.7. The average Bonchev–Trinajstić information content (AvgIpc) is 3.41. The highest BCUT2D eigenvalue weighted by molar-refractivity contribution is 6.06. The first kappa shape index (κ1) is 21.9. The number of aromatic nitrogens is 4. The summed E-state index contributed by atoms with van der Waals surface area (Å²) in [5.74, 6) is 2.43. The number of hydrogen-bond donors (Lipinski definition) is 1. The van der Waals surface area contributed by atoms with Gasteiger partial charge in [0.1, 0.15) is 31.2 Å². The van der Waals surface area contributed by atoms with E-state index in [4.69, 9.17) is 25.4 Å². The Balaban J connectivity index is 1.61. The van der Waals surface area contributed by atoms with Gasteiger partial charge in [-0.1, -0.05) is 24.1 Å². The molecule has 1 N–H and O–H groups in total. The van der Waals surface area contributed by atoms with Crippen LogP contribution in [-0.2, 0) is 18.9 Å². The summed E-state index contributed by atoms with van der Waals surface area (Å²) in [4.78, 5) is 25.5. The van der Waals surface area contributed by atoms with Crippen molar-refractivity contribution >= 4 is 22.9 Å². The third-order valence-electron chi connectivity index (χ3n) is 5.20. The van der Waals surface area contributed by atoms with Crippen molar-refractivity contribution in [1.82, 2.24) is 19.5 Å². The van der Waals surface area contributed by atoms with Crippen LogP contribution in [0.25, 0.3) is 11.2 Å². The predicted molar refractivity (Wildman–Crippen MR) is 115 cm³/mol. The van der Waals surface area contributed by atoms with Gasteiger partial charge in [-0.05, 0) is 12.1 Å². The highest BCUT2D eigenvalue weighted by Crippen LogP contribution is 2.35. The Labute approximate surface area is 184 Å². The normalized spacial score (nSPS) is 22.7. The Bertz CT molecular complexity index is 1110. The van der Waals surface area contributed by atoms with Gasteiger partial charge in [0.2, 0.25) is 0 Å². The lowest BCUT2D eigenvalue weighted by Gasteiger charge is -2.22. The number of fused-ring (bicyclic) bond motifs is 1. The molecule has 1 amide bonds. The third kappa shape index (κ3) is 4.19. The van der Waals surface area contributed by atoms with Gasteiger partial charge in [-0.25, -0.2) is 15.0 Å². The number of carbonyl (C=O) groups is 1. The second-order valence-electron chi connectivity index (χ2n) is 7.05. The monoisotopic (exact) mass is 437 g/mol. The molecular weight excluding hydrogens is 414 g/mol. The van der Waals surface area contributed by atoms with Gasteiger partial charge < -0.3 is 24.3 Å². The van der Waals surface area contributed by atoms with E-state index in [0.29, 0.717) is 22.5 Å². The highest BCUT2D eigenvalue weighted by Gasteiger charge is 2.47. The SMILES string of the molecule is C#CCOC[C@H]1O[C@@H](n2cnc3c(NC(=O)c4ccccc4)ncnc32)[C@@H](OC)C1OC. The van der Waals surface area contributed by atoms with Crippen LogP contribution in [0.5, 0.6) is 0 Å². The lowest BCUT2D eigenvalue weighted by Crippen LogP contribution is -2.37. The van der Waals surface area contributed by atoms with Crippen LogP contribution in [0.2, 0.25) is 0 Å². The molecule has 0 aliphatic carbocycles. The fourth-order valence-corrected chi connectivity index (χ4v) is 3.74. The summed E-state index contributed by atoms with van der Waals surface area (Å²) in [6.07, 6.45) is 6.37. The van der Waals surface area contributed by atoms with E-state index < -0.39 is 18.4 Å². The highest BCUT2D eigenvalue weighted by atomic mass is 16.6. The molecular formula is C22H23N5O5. The molecule has 10 heteroatoms. The van der Waals surface area contributed by atoms with Crippen LogP contribution in [0.3, 0.4) is 0 Å². The molecule has 3 aromatic rings. The number of amides is 1. The van der Waals surface area contributed by atoms with Crippen molar-refractivity contribution in [3.05, 3.63) is 48.5 Å². The number of carbonyl (C=O) groups excluding carboxylic acids is 1. The van der Waals surface area contributed by atoms with E-state index in [1.165, 1.54) is 6.33 Å². The first-order valence-corrected chi connectivity index (χ1v) is 9.94. The van der Waals surface area contributed by atoms with Gasteiger partial charge in [0, 0.05) is 19.8 Å². The number of methoxy groups -OCH3 is 2. The third-order valence-corrected chi connectivity index (χ3v) is 5.20. The first-order chi connectivity index (χ1) is 15.7. The van der Waals surface area contributed by atoms with Gasteiger partial charge in [-0.3, -0.25) is 9.36 Å². The molecule has 32 heavy (non-hydrogen) atoms. The van der Waals surface area contributed by atoms with E-state index >= 15 is 0 Å². The van der Waals surface area contributed by atoms with Gasteiger partial charge in [0.25, 0.3) is 5.91 Å². The maximum absolute atomic E-state index is 12.6. The lowest BCUT2D eigenvalue weighted by molar-refractivity contribution is -0.0667. The molecule has 0 bridgehead atoms. The van der Waals surface area contributed by atoms with Crippen molar-refractivity contribution in [1.29, 1.82) is 0 Å². The number of nitrogens with one attached hydrogen (secondary N) is 1.